The standard InChI is InChI=1S/C22H24ClN3O2/c1-6-13(2)28-11-7-8-16-17-9-10-18(23)21(22(17)24-19(16)12-27)20-14(3)25-26(5)15(20)4/h6,9-10,12,24H,1-2,7-8,11H2,3-5H3. The predicted molar refractivity (Wildman–Crippen MR) is 114 cm³/mol. The normalized spacial score (nSPS) is 11.0. The Morgan fingerprint density at radius 3 is 2.71 bits per heavy atom. The summed E-state index contributed by atoms with van der Waals surface area (Å²) in [5.41, 5.74) is 6.19. The van der Waals surface area contributed by atoms with Crippen molar-refractivity contribution in [3.63, 3.8) is 0 Å². The van der Waals surface area contributed by atoms with Crippen molar-refractivity contribution >= 4 is 28.8 Å². The first-order chi connectivity index (χ1) is 13.4. The summed E-state index contributed by atoms with van der Waals surface area (Å²) < 4.78 is 7.32. The van der Waals surface area contributed by atoms with Crippen LogP contribution in [0.15, 0.2) is 37.1 Å². The van der Waals surface area contributed by atoms with Crippen LogP contribution in [-0.4, -0.2) is 27.7 Å². The van der Waals surface area contributed by atoms with E-state index in [9.17, 15) is 4.79 Å². The average Bonchev–Trinajstić information content (AvgIpc) is 3.15. The van der Waals surface area contributed by atoms with Gasteiger partial charge in [-0.2, -0.15) is 5.10 Å². The molecule has 0 aliphatic heterocycles. The smallest absolute Gasteiger partial charge is 0.166 e. The molecule has 0 amide bonds. The van der Waals surface area contributed by atoms with Gasteiger partial charge in [-0.1, -0.05) is 30.8 Å². The largest absolute Gasteiger partial charge is 0.494 e. The number of aromatic amines is 1. The van der Waals surface area contributed by atoms with Gasteiger partial charge in [0.25, 0.3) is 0 Å². The third kappa shape index (κ3) is 3.50. The van der Waals surface area contributed by atoms with Crippen LogP contribution in [0.2, 0.25) is 5.02 Å². The maximum absolute atomic E-state index is 11.7. The third-order valence-electron chi connectivity index (χ3n) is 5.03. The van der Waals surface area contributed by atoms with Crippen molar-refractivity contribution in [3.8, 4) is 11.1 Å². The van der Waals surface area contributed by atoms with E-state index < -0.39 is 0 Å². The number of aldehydes is 1. The molecule has 5 nitrogen and oxygen atoms in total. The number of nitrogens with one attached hydrogen (secondary N) is 1. The molecule has 2 heterocycles. The molecule has 1 aromatic carbocycles. The number of carbonyl (C=O) groups excluding carboxylic acids is 1. The van der Waals surface area contributed by atoms with E-state index in [0.29, 0.717) is 29.5 Å². The summed E-state index contributed by atoms with van der Waals surface area (Å²) in [6, 6.07) is 3.84. The van der Waals surface area contributed by atoms with Gasteiger partial charge in [0.15, 0.2) is 6.29 Å². The Balaban J connectivity index is 2.07. The Kier molecular flexibility index (Phi) is 5.75. The lowest BCUT2D eigenvalue weighted by molar-refractivity contribution is 0.111. The van der Waals surface area contributed by atoms with Gasteiger partial charge in [-0.05, 0) is 44.4 Å². The lowest BCUT2D eigenvalue weighted by atomic mass is 9.98. The maximum atomic E-state index is 11.7. The molecule has 3 rings (SSSR count). The first-order valence-electron chi connectivity index (χ1n) is 9.12. The van der Waals surface area contributed by atoms with Crippen LogP contribution in [0, 0.1) is 13.8 Å². The number of halogens is 1. The van der Waals surface area contributed by atoms with Gasteiger partial charge < -0.3 is 9.72 Å². The third-order valence-corrected chi connectivity index (χ3v) is 5.34. The summed E-state index contributed by atoms with van der Waals surface area (Å²) >= 11 is 6.59. The summed E-state index contributed by atoms with van der Waals surface area (Å²) in [6.07, 6.45) is 3.89. The molecule has 0 aliphatic rings. The van der Waals surface area contributed by atoms with Crippen molar-refractivity contribution < 1.29 is 9.53 Å². The number of benzene rings is 1. The summed E-state index contributed by atoms with van der Waals surface area (Å²) in [4.78, 5) is 15.0. The van der Waals surface area contributed by atoms with Crippen LogP contribution in [0.25, 0.3) is 22.0 Å². The lowest BCUT2D eigenvalue weighted by Gasteiger charge is -2.08. The van der Waals surface area contributed by atoms with Gasteiger partial charge in [0.05, 0.1) is 28.5 Å². The topological polar surface area (TPSA) is 59.9 Å². The van der Waals surface area contributed by atoms with Crippen LogP contribution < -0.4 is 0 Å². The van der Waals surface area contributed by atoms with E-state index in [0.717, 1.165) is 51.7 Å². The molecule has 6 heteroatoms. The van der Waals surface area contributed by atoms with E-state index in [1.807, 2.05) is 37.7 Å². The zero-order valence-corrected chi connectivity index (χ0v) is 17.2. The van der Waals surface area contributed by atoms with Crippen LogP contribution in [0.1, 0.15) is 33.9 Å². The molecule has 0 fully saturated rings. The second kappa shape index (κ2) is 8.07. The van der Waals surface area contributed by atoms with Crippen LogP contribution in [0.3, 0.4) is 0 Å². The number of allylic oxidation sites excluding steroid dienone is 1. The zero-order chi connectivity index (χ0) is 20.4. The van der Waals surface area contributed by atoms with Gasteiger partial charge in [-0.3, -0.25) is 9.48 Å². The molecule has 0 saturated carbocycles. The van der Waals surface area contributed by atoms with Crippen LogP contribution in [-0.2, 0) is 18.2 Å². The Labute approximate surface area is 169 Å². The van der Waals surface area contributed by atoms with Crippen molar-refractivity contribution in [1.29, 1.82) is 0 Å². The Bertz CT molecular complexity index is 1080. The summed E-state index contributed by atoms with van der Waals surface area (Å²) in [5.74, 6) is 0.547. The highest BCUT2D eigenvalue weighted by Gasteiger charge is 2.21. The van der Waals surface area contributed by atoms with Crippen LogP contribution in [0.5, 0.6) is 0 Å². The van der Waals surface area contributed by atoms with Crippen molar-refractivity contribution in [2.45, 2.75) is 26.7 Å². The monoisotopic (exact) mass is 397 g/mol. The maximum Gasteiger partial charge on any atom is 0.166 e. The molecule has 2 aromatic heterocycles. The summed E-state index contributed by atoms with van der Waals surface area (Å²) in [5, 5.41) is 6.13. The fraction of sp³-hybridized carbons (Fsp3) is 0.273. The van der Waals surface area contributed by atoms with Crippen molar-refractivity contribution in [1.82, 2.24) is 14.8 Å². The van der Waals surface area contributed by atoms with E-state index in [1.165, 1.54) is 0 Å². The first kappa shape index (κ1) is 20.0. The predicted octanol–water partition coefficient (Wildman–Crippen LogP) is 5.30. The van der Waals surface area contributed by atoms with Crippen molar-refractivity contribution in [2.24, 2.45) is 7.05 Å². The zero-order valence-electron chi connectivity index (χ0n) is 16.4. The highest BCUT2D eigenvalue weighted by atomic mass is 35.5. The minimum absolute atomic E-state index is 0.511. The van der Waals surface area contributed by atoms with Gasteiger partial charge >= 0.3 is 0 Å². The molecule has 0 unspecified atom stereocenters. The van der Waals surface area contributed by atoms with Gasteiger partial charge in [-0.15, -0.1) is 0 Å². The summed E-state index contributed by atoms with van der Waals surface area (Å²) in [6.45, 7) is 11.9. The minimum Gasteiger partial charge on any atom is -0.494 e. The van der Waals surface area contributed by atoms with Crippen LogP contribution >= 0.6 is 11.6 Å². The second-order valence-electron chi connectivity index (χ2n) is 6.77. The van der Waals surface area contributed by atoms with Gasteiger partial charge in [0.2, 0.25) is 0 Å². The molecule has 0 spiro atoms. The molecule has 0 saturated heterocycles. The van der Waals surface area contributed by atoms with E-state index in [2.05, 4.69) is 23.2 Å². The van der Waals surface area contributed by atoms with E-state index in [1.54, 1.807) is 6.08 Å². The number of carbonyl (C=O) groups is 1. The molecule has 0 radical (unpaired) electrons. The number of nitrogens with zero attached hydrogens (tertiary/aromatic N) is 2. The Morgan fingerprint density at radius 1 is 1.36 bits per heavy atom. The quantitative estimate of drug-likeness (QED) is 0.243. The molecule has 1 N–H and O–H groups in total. The molecule has 0 aliphatic carbocycles. The minimum atomic E-state index is 0.511. The number of rotatable bonds is 8. The van der Waals surface area contributed by atoms with E-state index in [4.69, 9.17) is 16.3 Å². The number of aryl methyl sites for hydroxylation is 3. The number of hydrogen-bond acceptors (Lipinski definition) is 3. The van der Waals surface area contributed by atoms with Gasteiger partial charge in [0.1, 0.15) is 5.76 Å². The summed E-state index contributed by atoms with van der Waals surface area (Å²) in [7, 11) is 1.91. The van der Waals surface area contributed by atoms with Gasteiger partial charge in [0, 0.05) is 29.3 Å². The first-order valence-corrected chi connectivity index (χ1v) is 9.49. The molecule has 0 atom stereocenters. The number of fused-ring (bicyclic) bond motifs is 1. The molecule has 3 aromatic rings. The Morgan fingerprint density at radius 2 is 2.11 bits per heavy atom. The SMILES string of the molecule is C=CC(=C)OCCCc1c(C=O)[nH]c2c(-c3c(C)nn(C)c3C)c(Cl)ccc12. The van der Waals surface area contributed by atoms with Crippen molar-refractivity contribution in [3.05, 3.63) is 64.8 Å². The lowest BCUT2D eigenvalue weighted by Crippen LogP contribution is -1.97. The van der Waals surface area contributed by atoms with E-state index >= 15 is 0 Å². The molecular weight excluding hydrogens is 374 g/mol. The van der Waals surface area contributed by atoms with Gasteiger partial charge in [-0.25, -0.2) is 0 Å². The molecule has 146 valence electrons. The van der Waals surface area contributed by atoms with Crippen LogP contribution in [0.4, 0.5) is 0 Å². The fourth-order valence-electron chi connectivity index (χ4n) is 3.57. The number of hydrogen-bond donors (Lipinski definition) is 1. The highest BCUT2D eigenvalue weighted by Crippen LogP contribution is 2.39. The highest BCUT2D eigenvalue weighted by molar-refractivity contribution is 6.35. The molecular formula is C22H24ClN3O2. The molecule has 0 bridgehead atoms. The second-order valence-corrected chi connectivity index (χ2v) is 7.18. The molecule has 28 heavy (non-hydrogen) atoms. The van der Waals surface area contributed by atoms with E-state index in [-0.39, 0.29) is 0 Å². The number of aromatic nitrogens is 3. The Hall–Kier alpha value is -2.79. The number of H-pyrrole nitrogens is 1. The average molecular weight is 398 g/mol. The van der Waals surface area contributed by atoms with Crippen molar-refractivity contribution in [2.75, 3.05) is 6.61 Å². The fourth-order valence-corrected chi connectivity index (χ4v) is 3.83. The number of ether oxygens (including phenoxy) is 1.